The normalized spacial score (nSPS) is 27.9. The fourth-order valence-corrected chi connectivity index (χ4v) is 2.09. The molecule has 0 aliphatic heterocycles. The number of carbonyl (C=O) groups is 1. The summed E-state index contributed by atoms with van der Waals surface area (Å²) in [5.74, 6) is 0.775. The molecule has 0 atom stereocenters. The lowest BCUT2D eigenvalue weighted by molar-refractivity contribution is 0.160. The fraction of sp³-hybridized carbons (Fsp3) is 0.900. The number of urea groups is 1. The lowest BCUT2D eigenvalue weighted by Crippen LogP contribution is -2.47. The van der Waals surface area contributed by atoms with Gasteiger partial charge in [-0.25, -0.2) is 4.79 Å². The maximum Gasteiger partial charge on any atom is 0.312 e. The minimum atomic E-state index is -0.390. The molecule has 3 heteroatoms. The lowest BCUT2D eigenvalue weighted by atomic mass is 9.71. The van der Waals surface area contributed by atoms with Crippen molar-refractivity contribution in [1.29, 1.82) is 0 Å². The molecule has 3 nitrogen and oxygen atoms in total. The third-order valence-corrected chi connectivity index (χ3v) is 2.48. The zero-order chi connectivity index (χ0) is 10.1. The molecule has 0 spiro atoms. The van der Waals surface area contributed by atoms with E-state index in [4.69, 9.17) is 5.73 Å². The SMILES string of the molecule is CC(C)(C)CC1CC(NC(N)=O)C1. The van der Waals surface area contributed by atoms with Gasteiger partial charge in [0.15, 0.2) is 0 Å². The largest absolute Gasteiger partial charge is 0.352 e. The number of hydrogen-bond acceptors (Lipinski definition) is 1. The van der Waals surface area contributed by atoms with E-state index >= 15 is 0 Å². The molecule has 0 aromatic rings. The molecule has 2 amide bonds. The second-order valence-corrected chi connectivity index (χ2v) is 5.31. The number of nitrogens with one attached hydrogen (secondary N) is 1. The van der Waals surface area contributed by atoms with Crippen molar-refractivity contribution in [3.63, 3.8) is 0 Å². The van der Waals surface area contributed by atoms with Crippen LogP contribution in [0.2, 0.25) is 0 Å². The summed E-state index contributed by atoms with van der Waals surface area (Å²) in [5, 5.41) is 2.73. The van der Waals surface area contributed by atoms with Crippen molar-refractivity contribution in [2.75, 3.05) is 0 Å². The lowest BCUT2D eigenvalue weighted by Gasteiger charge is -2.38. The molecule has 1 rings (SSSR count). The summed E-state index contributed by atoms with van der Waals surface area (Å²) in [6.07, 6.45) is 3.43. The van der Waals surface area contributed by atoms with E-state index in [1.807, 2.05) is 0 Å². The summed E-state index contributed by atoms with van der Waals surface area (Å²) in [5.41, 5.74) is 5.43. The monoisotopic (exact) mass is 184 g/mol. The Morgan fingerprint density at radius 3 is 2.38 bits per heavy atom. The quantitative estimate of drug-likeness (QED) is 0.676. The van der Waals surface area contributed by atoms with E-state index in [0.29, 0.717) is 11.5 Å². The molecule has 1 aliphatic carbocycles. The van der Waals surface area contributed by atoms with Gasteiger partial charge in [-0.1, -0.05) is 20.8 Å². The summed E-state index contributed by atoms with van der Waals surface area (Å²) in [4.78, 5) is 10.5. The number of carbonyl (C=O) groups excluding carboxylic acids is 1. The number of nitrogens with two attached hydrogens (primary N) is 1. The predicted octanol–water partition coefficient (Wildman–Crippen LogP) is 1.87. The molecule has 0 saturated heterocycles. The van der Waals surface area contributed by atoms with Gasteiger partial charge in [-0.3, -0.25) is 0 Å². The van der Waals surface area contributed by atoms with E-state index in [1.54, 1.807) is 0 Å². The molecule has 76 valence electrons. The maximum atomic E-state index is 10.5. The van der Waals surface area contributed by atoms with E-state index < -0.39 is 0 Å². The molecule has 0 bridgehead atoms. The molecule has 3 N–H and O–H groups in total. The van der Waals surface area contributed by atoms with Crippen molar-refractivity contribution in [2.45, 2.75) is 46.1 Å². The summed E-state index contributed by atoms with van der Waals surface area (Å²) < 4.78 is 0. The van der Waals surface area contributed by atoms with Gasteiger partial charge in [-0.05, 0) is 30.6 Å². The molecular formula is C10H20N2O. The highest BCUT2D eigenvalue weighted by molar-refractivity contribution is 5.72. The van der Waals surface area contributed by atoms with Crippen LogP contribution in [0.1, 0.15) is 40.0 Å². The van der Waals surface area contributed by atoms with E-state index in [9.17, 15) is 4.79 Å². The van der Waals surface area contributed by atoms with Crippen LogP contribution >= 0.6 is 0 Å². The first-order chi connectivity index (χ1) is 5.87. The van der Waals surface area contributed by atoms with Crippen molar-refractivity contribution >= 4 is 6.03 Å². The highest BCUT2D eigenvalue weighted by atomic mass is 16.2. The second-order valence-electron chi connectivity index (χ2n) is 5.31. The first-order valence-corrected chi connectivity index (χ1v) is 4.93. The number of amides is 2. The molecular weight excluding hydrogens is 164 g/mol. The molecule has 1 fully saturated rings. The Balaban J connectivity index is 2.15. The summed E-state index contributed by atoms with van der Waals surface area (Å²) >= 11 is 0. The van der Waals surface area contributed by atoms with E-state index in [0.717, 1.165) is 18.8 Å². The summed E-state index contributed by atoms with van der Waals surface area (Å²) in [6.45, 7) is 6.76. The molecule has 0 radical (unpaired) electrons. The van der Waals surface area contributed by atoms with E-state index in [1.165, 1.54) is 6.42 Å². The molecule has 0 aromatic heterocycles. The van der Waals surface area contributed by atoms with Gasteiger partial charge in [-0.2, -0.15) is 0 Å². The van der Waals surface area contributed by atoms with Crippen LogP contribution in [0.25, 0.3) is 0 Å². The Bertz CT molecular complexity index is 190. The molecule has 13 heavy (non-hydrogen) atoms. The number of primary amides is 1. The van der Waals surface area contributed by atoms with Gasteiger partial charge < -0.3 is 11.1 Å². The first-order valence-electron chi connectivity index (χ1n) is 4.93. The average molecular weight is 184 g/mol. The Kier molecular flexibility index (Phi) is 2.84. The minimum Gasteiger partial charge on any atom is -0.352 e. The van der Waals surface area contributed by atoms with E-state index in [2.05, 4.69) is 26.1 Å². The Morgan fingerprint density at radius 2 is 2.00 bits per heavy atom. The van der Waals surface area contributed by atoms with Crippen LogP contribution in [0.5, 0.6) is 0 Å². The van der Waals surface area contributed by atoms with Gasteiger partial charge in [0, 0.05) is 6.04 Å². The highest BCUT2D eigenvalue weighted by Gasteiger charge is 2.32. The van der Waals surface area contributed by atoms with Gasteiger partial charge in [-0.15, -0.1) is 0 Å². The van der Waals surface area contributed by atoms with Gasteiger partial charge in [0.2, 0.25) is 0 Å². The number of hydrogen-bond donors (Lipinski definition) is 2. The van der Waals surface area contributed by atoms with Crippen LogP contribution in [0.15, 0.2) is 0 Å². The second kappa shape index (κ2) is 3.56. The van der Waals surface area contributed by atoms with Crippen molar-refractivity contribution < 1.29 is 4.79 Å². The van der Waals surface area contributed by atoms with Crippen LogP contribution < -0.4 is 11.1 Å². The molecule has 1 aliphatic rings. The van der Waals surface area contributed by atoms with Gasteiger partial charge in [0.05, 0.1) is 0 Å². The van der Waals surface area contributed by atoms with Crippen LogP contribution in [-0.4, -0.2) is 12.1 Å². The van der Waals surface area contributed by atoms with Crippen molar-refractivity contribution in [3.05, 3.63) is 0 Å². The Morgan fingerprint density at radius 1 is 1.46 bits per heavy atom. The van der Waals surface area contributed by atoms with Gasteiger partial charge >= 0.3 is 6.03 Å². The van der Waals surface area contributed by atoms with Crippen molar-refractivity contribution in [3.8, 4) is 0 Å². The van der Waals surface area contributed by atoms with Crippen molar-refractivity contribution in [1.82, 2.24) is 5.32 Å². The standard InChI is InChI=1S/C10H20N2O/c1-10(2,3)6-7-4-8(5-7)12-9(11)13/h7-8H,4-6H2,1-3H3,(H3,11,12,13). The Hall–Kier alpha value is -0.730. The van der Waals surface area contributed by atoms with Gasteiger partial charge in [0.1, 0.15) is 0 Å². The molecule has 1 saturated carbocycles. The van der Waals surface area contributed by atoms with Crippen LogP contribution in [0, 0.1) is 11.3 Å². The minimum absolute atomic E-state index is 0.338. The molecule has 0 unspecified atom stereocenters. The summed E-state index contributed by atoms with van der Waals surface area (Å²) in [6, 6.07) is -0.0518. The average Bonchev–Trinajstić information content (AvgIpc) is 1.78. The topological polar surface area (TPSA) is 55.1 Å². The summed E-state index contributed by atoms with van der Waals surface area (Å²) in [7, 11) is 0. The zero-order valence-corrected chi connectivity index (χ0v) is 8.76. The zero-order valence-electron chi connectivity index (χ0n) is 8.76. The van der Waals surface area contributed by atoms with Gasteiger partial charge in [0.25, 0.3) is 0 Å². The van der Waals surface area contributed by atoms with Crippen molar-refractivity contribution in [2.24, 2.45) is 17.1 Å². The van der Waals surface area contributed by atoms with Crippen LogP contribution in [0.4, 0.5) is 4.79 Å². The van der Waals surface area contributed by atoms with Crippen LogP contribution in [0.3, 0.4) is 0 Å². The third-order valence-electron chi connectivity index (χ3n) is 2.48. The highest BCUT2D eigenvalue weighted by Crippen LogP contribution is 2.37. The number of rotatable bonds is 2. The first kappa shape index (κ1) is 10.4. The molecule has 0 heterocycles. The third kappa shape index (κ3) is 3.66. The maximum absolute atomic E-state index is 10.5. The predicted molar refractivity (Wildman–Crippen MR) is 53.3 cm³/mol. The van der Waals surface area contributed by atoms with E-state index in [-0.39, 0.29) is 6.03 Å². The smallest absolute Gasteiger partial charge is 0.312 e. The Labute approximate surface area is 80.1 Å². The van der Waals surface area contributed by atoms with Crippen LogP contribution in [-0.2, 0) is 0 Å². The molecule has 0 aromatic carbocycles. The fourth-order valence-electron chi connectivity index (χ4n) is 2.09.